The number of rotatable bonds is 2. The summed E-state index contributed by atoms with van der Waals surface area (Å²) >= 11 is 0. The van der Waals surface area contributed by atoms with Gasteiger partial charge in [-0.3, -0.25) is 4.79 Å². The lowest BCUT2D eigenvalue weighted by molar-refractivity contribution is 0.0995. The van der Waals surface area contributed by atoms with E-state index in [0.717, 1.165) is 17.0 Å². The number of amides is 1. The zero-order valence-electron chi connectivity index (χ0n) is 10.2. The molecule has 1 aromatic carbocycles. The summed E-state index contributed by atoms with van der Waals surface area (Å²) in [5, 5.41) is 2.81. The van der Waals surface area contributed by atoms with Crippen LogP contribution in [0.15, 0.2) is 34.7 Å². The van der Waals surface area contributed by atoms with Crippen LogP contribution in [-0.2, 0) is 0 Å². The van der Waals surface area contributed by atoms with Crippen LogP contribution < -0.4 is 5.32 Å². The standard InChI is InChI=1S/C14H15NO2/c1-9-4-6-12(8-10(9)2)15-14(16)13-7-5-11(3)17-13/h4-8H,1-3H3,(H,15,16). The van der Waals surface area contributed by atoms with Gasteiger partial charge in [-0.05, 0) is 56.2 Å². The fraction of sp³-hybridized carbons (Fsp3) is 0.214. The van der Waals surface area contributed by atoms with E-state index in [1.54, 1.807) is 12.1 Å². The molecule has 1 N–H and O–H groups in total. The highest BCUT2D eigenvalue weighted by Crippen LogP contribution is 2.16. The Morgan fingerprint density at radius 2 is 1.82 bits per heavy atom. The summed E-state index contributed by atoms with van der Waals surface area (Å²) in [7, 11) is 0. The summed E-state index contributed by atoms with van der Waals surface area (Å²) in [5.41, 5.74) is 3.14. The lowest BCUT2D eigenvalue weighted by Crippen LogP contribution is -2.10. The topological polar surface area (TPSA) is 42.2 Å². The molecule has 0 aliphatic rings. The first-order valence-electron chi connectivity index (χ1n) is 5.51. The van der Waals surface area contributed by atoms with Crippen LogP contribution in [0.4, 0.5) is 5.69 Å². The molecule has 2 aromatic rings. The maximum atomic E-state index is 11.8. The van der Waals surface area contributed by atoms with Gasteiger partial charge in [0, 0.05) is 5.69 Å². The SMILES string of the molecule is Cc1ccc(C(=O)Nc2ccc(C)c(C)c2)o1. The summed E-state index contributed by atoms with van der Waals surface area (Å²) in [6.07, 6.45) is 0. The van der Waals surface area contributed by atoms with Crippen molar-refractivity contribution in [2.24, 2.45) is 0 Å². The van der Waals surface area contributed by atoms with Crippen LogP contribution in [0.5, 0.6) is 0 Å². The molecular formula is C14H15NO2. The molecule has 3 heteroatoms. The van der Waals surface area contributed by atoms with Gasteiger partial charge in [0.25, 0.3) is 5.91 Å². The molecule has 1 aromatic heterocycles. The molecule has 0 atom stereocenters. The lowest BCUT2D eigenvalue weighted by atomic mass is 10.1. The van der Waals surface area contributed by atoms with Crippen molar-refractivity contribution in [3.8, 4) is 0 Å². The van der Waals surface area contributed by atoms with Gasteiger partial charge >= 0.3 is 0 Å². The van der Waals surface area contributed by atoms with Crippen molar-refractivity contribution in [2.45, 2.75) is 20.8 Å². The van der Waals surface area contributed by atoms with E-state index < -0.39 is 0 Å². The molecule has 0 radical (unpaired) electrons. The summed E-state index contributed by atoms with van der Waals surface area (Å²) in [4.78, 5) is 11.8. The smallest absolute Gasteiger partial charge is 0.291 e. The summed E-state index contributed by atoms with van der Waals surface area (Å²) in [6.45, 7) is 5.87. The average molecular weight is 229 g/mol. The minimum atomic E-state index is -0.221. The van der Waals surface area contributed by atoms with E-state index in [2.05, 4.69) is 5.32 Å². The van der Waals surface area contributed by atoms with Crippen LogP contribution in [0.1, 0.15) is 27.4 Å². The Balaban J connectivity index is 2.15. The lowest BCUT2D eigenvalue weighted by Gasteiger charge is -2.06. The quantitative estimate of drug-likeness (QED) is 0.856. The van der Waals surface area contributed by atoms with Gasteiger partial charge < -0.3 is 9.73 Å². The monoisotopic (exact) mass is 229 g/mol. The van der Waals surface area contributed by atoms with E-state index in [9.17, 15) is 4.79 Å². The minimum Gasteiger partial charge on any atom is -0.456 e. The maximum Gasteiger partial charge on any atom is 0.291 e. The first-order chi connectivity index (χ1) is 8.06. The number of nitrogens with one attached hydrogen (secondary N) is 1. The molecular weight excluding hydrogens is 214 g/mol. The molecule has 2 rings (SSSR count). The largest absolute Gasteiger partial charge is 0.456 e. The van der Waals surface area contributed by atoms with Crippen molar-refractivity contribution < 1.29 is 9.21 Å². The fourth-order valence-electron chi connectivity index (χ4n) is 1.57. The van der Waals surface area contributed by atoms with Crippen LogP contribution in [0.25, 0.3) is 0 Å². The molecule has 0 unspecified atom stereocenters. The summed E-state index contributed by atoms with van der Waals surface area (Å²) in [6, 6.07) is 9.26. The van der Waals surface area contributed by atoms with Gasteiger partial charge in [0.05, 0.1) is 0 Å². The number of aryl methyl sites for hydroxylation is 3. The zero-order chi connectivity index (χ0) is 12.4. The average Bonchev–Trinajstić information content (AvgIpc) is 2.70. The number of carbonyl (C=O) groups excluding carboxylic acids is 1. The van der Waals surface area contributed by atoms with Gasteiger partial charge in [0.2, 0.25) is 0 Å². The molecule has 0 saturated carbocycles. The van der Waals surface area contributed by atoms with E-state index in [4.69, 9.17) is 4.42 Å². The maximum absolute atomic E-state index is 11.8. The van der Waals surface area contributed by atoms with E-state index in [1.807, 2.05) is 39.0 Å². The first kappa shape index (κ1) is 11.5. The third-order valence-corrected chi connectivity index (χ3v) is 2.73. The molecule has 0 bridgehead atoms. The van der Waals surface area contributed by atoms with E-state index in [0.29, 0.717) is 5.76 Å². The highest BCUT2D eigenvalue weighted by Gasteiger charge is 2.10. The molecule has 1 amide bonds. The molecule has 0 saturated heterocycles. The Morgan fingerprint density at radius 3 is 2.41 bits per heavy atom. The van der Waals surface area contributed by atoms with Crippen molar-refractivity contribution in [1.29, 1.82) is 0 Å². The Labute approximate surface area is 100 Å². The summed E-state index contributed by atoms with van der Waals surface area (Å²) in [5.74, 6) is 0.845. The number of furan rings is 1. The van der Waals surface area contributed by atoms with E-state index >= 15 is 0 Å². The van der Waals surface area contributed by atoms with Crippen LogP contribution in [-0.4, -0.2) is 5.91 Å². The zero-order valence-corrected chi connectivity index (χ0v) is 10.2. The van der Waals surface area contributed by atoms with Gasteiger partial charge in [0.15, 0.2) is 5.76 Å². The molecule has 0 spiro atoms. The normalized spacial score (nSPS) is 10.3. The predicted molar refractivity (Wildman–Crippen MR) is 67.3 cm³/mol. The van der Waals surface area contributed by atoms with Crippen molar-refractivity contribution in [1.82, 2.24) is 0 Å². The predicted octanol–water partition coefficient (Wildman–Crippen LogP) is 3.46. The van der Waals surface area contributed by atoms with Gasteiger partial charge in [-0.2, -0.15) is 0 Å². The Kier molecular flexibility index (Phi) is 3.00. The van der Waals surface area contributed by atoms with Crippen molar-refractivity contribution in [2.75, 3.05) is 5.32 Å². The van der Waals surface area contributed by atoms with Crippen molar-refractivity contribution in [3.05, 3.63) is 53.0 Å². The second-order valence-electron chi connectivity index (χ2n) is 4.16. The van der Waals surface area contributed by atoms with Crippen molar-refractivity contribution >= 4 is 11.6 Å². The van der Waals surface area contributed by atoms with Crippen LogP contribution in [0.3, 0.4) is 0 Å². The Bertz CT molecular complexity index is 555. The molecule has 0 aliphatic carbocycles. The third-order valence-electron chi connectivity index (χ3n) is 2.73. The number of benzene rings is 1. The number of hydrogen-bond acceptors (Lipinski definition) is 2. The van der Waals surface area contributed by atoms with Crippen molar-refractivity contribution in [3.63, 3.8) is 0 Å². The van der Waals surface area contributed by atoms with E-state index in [-0.39, 0.29) is 5.91 Å². The minimum absolute atomic E-state index is 0.221. The van der Waals surface area contributed by atoms with Gasteiger partial charge in [-0.25, -0.2) is 0 Å². The van der Waals surface area contributed by atoms with Gasteiger partial charge in [-0.15, -0.1) is 0 Å². The second kappa shape index (κ2) is 4.45. The first-order valence-corrected chi connectivity index (χ1v) is 5.51. The van der Waals surface area contributed by atoms with E-state index in [1.165, 1.54) is 5.56 Å². The molecule has 88 valence electrons. The Hall–Kier alpha value is -2.03. The highest BCUT2D eigenvalue weighted by molar-refractivity contribution is 6.02. The fourth-order valence-corrected chi connectivity index (χ4v) is 1.57. The van der Waals surface area contributed by atoms with Crippen LogP contribution >= 0.6 is 0 Å². The molecule has 0 aliphatic heterocycles. The van der Waals surface area contributed by atoms with Gasteiger partial charge in [0.1, 0.15) is 5.76 Å². The van der Waals surface area contributed by atoms with Gasteiger partial charge in [-0.1, -0.05) is 6.07 Å². The number of carbonyl (C=O) groups is 1. The number of anilines is 1. The second-order valence-corrected chi connectivity index (χ2v) is 4.16. The number of hydrogen-bond donors (Lipinski definition) is 1. The Morgan fingerprint density at radius 1 is 1.06 bits per heavy atom. The molecule has 1 heterocycles. The van der Waals surface area contributed by atoms with Crippen LogP contribution in [0.2, 0.25) is 0 Å². The summed E-state index contributed by atoms with van der Waals surface area (Å²) < 4.78 is 5.26. The molecule has 17 heavy (non-hydrogen) atoms. The van der Waals surface area contributed by atoms with Crippen LogP contribution in [0, 0.1) is 20.8 Å². The molecule has 0 fully saturated rings. The molecule has 3 nitrogen and oxygen atoms in total. The third kappa shape index (κ3) is 2.56. The highest BCUT2D eigenvalue weighted by atomic mass is 16.3.